The third kappa shape index (κ3) is 3.83. The number of anilines is 1. The molecule has 0 bridgehead atoms. The monoisotopic (exact) mass is 520 g/mol. The highest BCUT2D eigenvalue weighted by Gasteiger charge is 2.48. The van der Waals surface area contributed by atoms with Gasteiger partial charge in [0.2, 0.25) is 5.91 Å². The summed E-state index contributed by atoms with van der Waals surface area (Å²) in [7, 11) is 1.58. The Kier molecular flexibility index (Phi) is 6.01. The van der Waals surface area contributed by atoms with Crippen LogP contribution in [-0.4, -0.2) is 59.7 Å². The molecule has 2 aliphatic rings. The van der Waals surface area contributed by atoms with Crippen molar-refractivity contribution in [3.05, 3.63) is 77.6 Å². The van der Waals surface area contributed by atoms with E-state index in [1.165, 1.54) is 6.07 Å². The fourth-order valence-corrected chi connectivity index (χ4v) is 5.79. The van der Waals surface area contributed by atoms with Crippen molar-refractivity contribution in [2.24, 2.45) is 0 Å². The predicted octanol–water partition coefficient (Wildman–Crippen LogP) is 5.37. The van der Waals surface area contributed by atoms with Crippen LogP contribution in [0.25, 0.3) is 32.9 Å². The number of pyridine rings is 2. The number of nitrogens with zero attached hydrogens (tertiary/aromatic N) is 4. The molecule has 0 N–H and O–H groups in total. The van der Waals surface area contributed by atoms with Gasteiger partial charge in [0.15, 0.2) is 5.82 Å². The van der Waals surface area contributed by atoms with E-state index in [2.05, 4.69) is 14.9 Å². The molecule has 2 aromatic carbocycles. The van der Waals surface area contributed by atoms with Gasteiger partial charge in [-0.25, -0.2) is 8.78 Å². The van der Waals surface area contributed by atoms with Gasteiger partial charge in [-0.3, -0.25) is 14.8 Å². The minimum Gasteiger partial charge on any atom is -0.381 e. The van der Waals surface area contributed by atoms with Crippen LogP contribution in [-0.2, 0) is 9.53 Å². The normalized spacial score (nSPS) is 19.1. The van der Waals surface area contributed by atoms with Crippen LogP contribution in [0.2, 0.25) is 5.02 Å². The van der Waals surface area contributed by atoms with E-state index in [1.54, 1.807) is 55.9 Å². The molecule has 0 unspecified atom stereocenters. The third-order valence-corrected chi connectivity index (χ3v) is 7.68. The minimum atomic E-state index is -0.587. The summed E-state index contributed by atoms with van der Waals surface area (Å²) < 4.78 is 35.1. The topological polar surface area (TPSA) is 58.6 Å². The van der Waals surface area contributed by atoms with Gasteiger partial charge in [-0.15, -0.1) is 0 Å². The number of benzene rings is 2. The molecule has 188 valence electrons. The lowest BCUT2D eigenvalue weighted by Crippen LogP contribution is -2.62. The van der Waals surface area contributed by atoms with E-state index in [4.69, 9.17) is 16.3 Å². The largest absolute Gasteiger partial charge is 0.381 e. The standard InChI is InChI=1S/C28H23ClF2N4O2/c1-37-13-3-6-23(36)34-12-10-21-22(34)15-35(21)20-9-11-32-28-18(20)14-33-27(26(28)31)17-5-2-4-16-7-8-19(30)25(29)24(16)17/h2-9,11,14,21-22H,10,12-13,15H2,1H3/b6-3+/t21-,22-/m1/s1. The van der Waals surface area contributed by atoms with E-state index in [-0.39, 0.29) is 34.2 Å². The van der Waals surface area contributed by atoms with Crippen molar-refractivity contribution >= 4 is 44.9 Å². The van der Waals surface area contributed by atoms with Gasteiger partial charge in [-0.2, -0.15) is 0 Å². The average molecular weight is 521 g/mol. The maximum Gasteiger partial charge on any atom is 0.246 e. The summed E-state index contributed by atoms with van der Waals surface area (Å²) in [5.41, 5.74) is 1.49. The zero-order valence-electron chi connectivity index (χ0n) is 20.0. The van der Waals surface area contributed by atoms with Crippen LogP contribution in [0.5, 0.6) is 0 Å². The molecule has 9 heteroatoms. The zero-order valence-corrected chi connectivity index (χ0v) is 20.8. The lowest BCUT2D eigenvalue weighted by atomic mass is 9.95. The Balaban J connectivity index is 1.35. The number of carbonyl (C=O) groups excluding carboxylic acids is 1. The Morgan fingerprint density at radius 1 is 1.19 bits per heavy atom. The number of hydrogen-bond donors (Lipinski definition) is 0. The van der Waals surface area contributed by atoms with Crippen molar-refractivity contribution in [2.75, 3.05) is 31.7 Å². The van der Waals surface area contributed by atoms with E-state index in [0.29, 0.717) is 41.4 Å². The molecule has 37 heavy (non-hydrogen) atoms. The van der Waals surface area contributed by atoms with Crippen LogP contribution < -0.4 is 4.90 Å². The predicted molar refractivity (Wildman–Crippen MR) is 140 cm³/mol. The lowest BCUT2D eigenvalue weighted by Gasteiger charge is -2.48. The Bertz CT molecular complexity index is 1580. The second-order valence-electron chi connectivity index (χ2n) is 9.24. The molecule has 6 rings (SSSR count). The van der Waals surface area contributed by atoms with Crippen LogP contribution in [0.15, 0.2) is 60.9 Å². The van der Waals surface area contributed by atoms with Crippen molar-refractivity contribution in [1.29, 1.82) is 0 Å². The van der Waals surface area contributed by atoms with Crippen LogP contribution in [0.3, 0.4) is 0 Å². The van der Waals surface area contributed by atoms with Crippen LogP contribution in [0.4, 0.5) is 14.5 Å². The Labute approximate surface area is 217 Å². The van der Waals surface area contributed by atoms with Gasteiger partial charge in [0.25, 0.3) is 0 Å². The number of hydrogen-bond acceptors (Lipinski definition) is 5. The first-order valence-electron chi connectivity index (χ1n) is 12.0. The number of carbonyl (C=O) groups is 1. The molecule has 1 amide bonds. The summed E-state index contributed by atoms with van der Waals surface area (Å²) >= 11 is 6.28. The quantitative estimate of drug-likeness (QED) is 0.331. The fourth-order valence-electron chi connectivity index (χ4n) is 5.52. The summed E-state index contributed by atoms with van der Waals surface area (Å²) in [6.07, 6.45) is 7.29. The Hall–Kier alpha value is -3.62. The first-order valence-corrected chi connectivity index (χ1v) is 12.4. The molecule has 4 aromatic rings. The number of fused-ring (bicyclic) bond motifs is 3. The van der Waals surface area contributed by atoms with E-state index in [9.17, 15) is 9.18 Å². The van der Waals surface area contributed by atoms with Crippen molar-refractivity contribution in [3.8, 4) is 11.3 Å². The van der Waals surface area contributed by atoms with Gasteiger partial charge in [-0.05, 0) is 23.9 Å². The number of amides is 1. The smallest absolute Gasteiger partial charge is 0.246 e. The van der Waals surface area contributed by atoms with E-state index < -0.39 is 11.6 Å². The highest BCUT2D eigenvalue weighted by Crippen LogP contribution is 2.41. The first kappa shape index (κ1) is 23.8. The molecule has 0 saturated carbocycles. The molecule has 4 heterocycles. The summed E-state index contributed by atoms with van der Waals surface area (Å²) in [5.74, 6) is -1.18. The maximum atomic E-state index is 15.9. The van der Waals surface area contributed by atoms with Gasteiger partial charge < -0.3 is 14.5 Å². The molecule has 0 spiro atoms. The Morgan fingerprint density at radius 3 is 2.89 bits per heavy atom. The molecule has 6 nitrogen and oxygen atoms in total. The lowest BCUT2D eigenvalue weighted by molar-refractivity contribution is -0.127. The van der Waals surface area contributed by atoms with Gasteiger partial charge in [0, 0.05) is 60.7 Å². The minimum absolute atomic E-state index is 0.0219. The highest BCUT2D eigenvalue weighted by molar-refractivity contribution is 6.36. The number of likely N-dealkylation sites (tertiary alicyclic amines) is 1. The summed E-state index contributed by atoms with van der Waals surface area (Å²) in [4.78, 5) is 25.4. The number of aromatic nitrogens is 2. The molecule has 2 fully saturated rings. The van der Waals surface area contributed by atoms with E-state index in [1.807, 2.05) is 11.0 Å². The number of halogens is 3. The van der Waals surface area contributed by atoms with Crippen molar-refractivity contribution < 1.29 is 18.3 Å². The van der Waals surface area contributed by atoms with E-state index >= 15 is 4.39 Å². The Morgan fingerprint density at radius 2 is 2.05 bits per heavy atom. The molecule has 0 aliphatic carbocycles. The molecule has 0 radical (unpaired) electrons. The molecule has 2 atom stereocenters. The molecule has 2 aromatic heterocycles. The van der Waals surface area contributed by atoms with Crippen LogP contribution in [0, 0.1) is 11.6 Å². The zero-order chi connectivity index (χ0) is 25.7. The third-order valence-electron chi connectivity index (χ3n) is 7.31. The first-order chi connectivity index (χ1) is 18.0. The number of methoxy groups -OCH3 is 1. The summed E-state index contributed by atoms with van der Waals surface area (Å²) in [6, 6.07) is 10.2. The van der Waals surface area contributed by atoms with Crippen LogP contribution in [0.1, 0.15) is 6.42 Å². The second-order valence-corrected chi connectivity index (χ2v) is 9.62. The van der Waals surface area contributed by atoms with Gasteiger partial charge in [0.05, 0.1) is 23.7 Å². The highest BCUT2D eigenvalue weighted by atomic mass is 35.5. The van der Waals surface area contributed by atoms with Crippen molar-refractivity contribution in [2.45, 2.75) is 18.5 Å². The number of ether oxygens (including phenoxy) is 1. The maximum absolute atomic E-state index is 15.9. The van der Waals surface area contributed by atoms with Gasteiger partial charge >= 0.3 is 0 Å². The van der Waals surface area contributed by atoms with Crippen LogP contribution >= 0.6 is 11.6 Å². The summed E-state index contributed by atoms with van der Waals surface area (Å²) in [5, 5.41) is 1.62. The molecule has 2 aliphatic heterocycles. The molecule has 2 saturated heterocycles. The van der Waals surface area contributed by atoms with Crippen molar-refractivity contribution in [3.63, 3.8) is 0 Å². The summed E-state index contributed by atoms with van der Waals surface area (Å²) in [6.45, 7) is 1.71. The second kappa shape index (κ2) is 9.36. The fraction of sp³-hybridized carbons (Fsp3) is 0.250. The molecular formula is C28H23ClF2N4O2. The van der Waals surface area contributed by atoms with E-state index in [0.717, 1.165) is 12.1 Å². The van der Waals surface area contributed by atoms with Gasteiger partial charge in [0.1, 0.15) is 17.0 Å². The number of rotatable bonds is 5. The van der Waals surface area contributed by atoms with Crippen molar-refractivity contribution in [1.82, 2.24) is 14.9 Å². The SMILES string of the molecule is COC/C=C/C(=O)N1CC[C@@H]2[C@H]1CN2c1ccnc2c(F)c(-c3cccc4ccc(F)c(Cl)c34)ncc12. The average Bonchev–Trinajstić information content (AvgIpc) is 3.22. The van der Waals surface area contributed by atoms with Gasteiger partial charge in [-0.1, -0.05) is 41.9 Å². The molecular weight excluding hydrogens is 498 g/mol.